The molecule has 2 fully saturated rings. The van der Waals surface area contributed by atoms with Crippen LogP contribution in [-0.4, -0.2) is 83.8 Å². The van der Waals surface area contributed by atoms with E-state index >= 15 is 0 Å². The van der Waals surface area contributed by atoms with Crippen LogP contribution in [0.15, 0.2) is 0 Å². The Morgan fingerprint density at radius 2 is 1.80 bits per heavy atom. The zero-order valence-corrected chi connectivity index (χ0v) is 25.8. The Labute approximate surface area is 244 Å². The van der Waals surface area contributed by atoms with Crippen LogP contribution in [0.5, 0.6) is 0 Å². The van der Waals surface area contributed by atoms with Gasteiger partial charge in [-0.05, 0) is 72.1 Å². The average Bonchev–Trinajstić information content (AvgIpc) is 3.28. The number of aryl methyl sites for hydroxylation is 1. The highest BCUT2D eigenvalue weighted by Gasteiger charge is 2.56. The molecule has 4 rings (SSSR count). The molecule has 228 valence electrons. The van der Waals surface area contributed by atoms with Gasteiger partial charge in [0.2, 0.25) is 11.9 Å². The minimum atomic E-state index is -0.569. The summed E-state index contributed by atoms with van der Waals surface area (Å²) in [5, 5.41) is 6.35. The molecule has 2 amide bonds. The molecule has 0 saturated carbocycles. The van der Waals surface area contributed by atoms with E-state index in [1.54, 1.807) is 18.9 Å². The van der Waals surface area contributed by atoms with Crippen molar-refractivity contribution in [3.8, 4) is 0 Å². The van der Waals surface area contributed by atoms with E-state index in [2.05, 4.69) is 24.5 Å². The summed E-state index contributed by atoms with van der Waals surface area (Å²) in [7, 11) is 1.66. The fourth-order valence-corrected chi connectivity index (χ4v) is 6.27. The minimum Gasteiger partial charge on any atom is -0.464 e. The van der Waals surface area contributed by atoms with Crippen LogP contribution < -0.4 is 15.5 Å². The summed E-state index contributed by atoms with van der Waals surface area (Å²) in [5.41, 5.74) is 1.27. The van der Waals surface area contributed by atoms with E-state index in [0.717, 1.165) is 49.2 Å². The van der Waals surface area contributed by atoms with Gasteiger partial charge in [-0.3, -0.25) is 4.79 Å². The predicted molar refractivity (Wildman–Crippen MR) is 157 cm³/mol. The van der Waals surface area contributed by atoms with Gasteiger partial charge in [0.05, 0.1) is 12.3 Å². The number of nitrogens with one attached hydrogen (secondary N) is 2. The number of fused-ring (bicyclic) bond motifs is 1. The average molecular weight is 573 g/mol. The van der Waals surface area contributed by atoms with E-state index in [1.807, 2.05) is 25.7 Å². The molecule has 1 aromatic heterocycles. The van der Waals surface area contributed by atoms with E-state index in [-0.39, 0.29) is 36.0 Å². The second kappa shape index (κ2) is 12.4. The van der Waals surface area contributed by atoms with Crippen molar-refractivity contribution in [2.45, 2.75) is 104 Å². The maximum absolute atomic E-state index is 13.2. The molecule has 1 aromatic rings. The Hall–Kier alpha value is -3.11. The summed E-state index contributed by atoms with van der Waals surface area (Å²) < 4.78 is 11.1. The zero-order chi connectivity index (χ0) is 29.9. The number of likely N-dealkylation sites (tertiary alicyclic amines) is 1. The first-order chi connectivity index (χ1) is 19.3. The number of esters is 1. The van der Waals surface area contributed by atoms with Crippen molar-refractivity contribution in [2.75, 3.05) is 43.5 Å². The number of carbonyl (C=O) groups is 3. The number of hydrogen-bond acceptors (Lipinski definition) is 9. The van der Waals surface area contributed by atoms with Crippen molar-refractivity contribution in [2.24, 2.45) is 11.3 Å². The molecular formula is C30H48N6O5. The van der Waals surface area contributed by atoms with Crippen molar-refractivity contribution in [1.82, 2.24) is 20.2 Å². The molecular weight excluding hydrogens is 524 g/mol. The summed E-state index contributed by atoms with van der Waals surface area (Å²) in [4.78, 5) is 51.9. The van der Waals surface area contributed by atoms with Gasteiger partial charge in [0, 0.05) is 50.1 Å². The second-order valence-electron chi connectivity index (χ2n) is 13.3. The quantitative estimate of drug-likeness (QED) is 0.426. The zero-order valence-electron chi connectivity index (χ0n) is 25.8. The lowest BCUT2D eigenvalue weighted by Crippen LogP contribution is -2.60. The van der Waals surface area contributed by atoms with Crippen LogP contribution in [0.2, 0.25) is 0 Å². The maximum Gasteiger partial charge on any atom is 0.410 e. The number of nitrogens with zero attached hydrogens (tertiary/aromatic N) is 4. The van der Waals surface area contributed by atoms with Gasteiger partial charge in [-0.2, -0.15) is 4.98 Å². The first kappa shape index (κ1) is 30.8. The molecule has 0 bridgehead atoms. The summed E-state index contributed by atoms with van der Waals surface area (Å²) in [6.07, 6.45) is 5.23. The largest absolute Gasteiger partial charge is 0.464 e. The van der Waals surface area contributed by atoms with Crippen LogP contribution in [-0.2, 0) is 31.9 Å². The minimum absolute atomic E-state index is 0.0188. The summed E-state index contributed by atoms with van der Waals surface area (Å²) >= 11 is 0. The summed E-state index contributed by atoms with van der Waals surface area (Å²) in [5.74, 6) is 1.34. The first-order valence-electron chi connectivity index (χ1n) is 15.1. The van der Waals surface area contributed by atoms with Crippen LogP contribution >= 0.6 is 0 Å². The molecule has 2 saturated heterocycles. The van der Waals surface area contributed by atoms with Crippen molar-refractivity contribution < 1.29 is 23.9 Å². The van der Waals surface area contributed by atoms with E-state index in [9.17, 15) is 14.4 Å². The highest BCUT2D eigenvalue weighted by Crippen LogP contribution is 2.45. The van der Waals surface area contributed by atoms with Crippen LogP contribution in [0, 0.1) is 11.3 Å². The van der Waals surface area contributed by atoms with Crippen LogP contribution in [0.4, 0.5) is 16.6 Å². The Morgan fingerprint density at radius 1 is 1.10 bits per heavy atom. The molecule has 1 spiro atoms. The molecule has 3 heterocycles. The third-order valence-electron chi connectivity index (χ3n) is 8.01. The Balaban J connectivity index is 1.63. The third kappa shape index (κ3) is 7.40. The second-order valence-corrected chi connectivity index (χ2v) is 13.3. The molecule has 2 atom stereocenters. The van der Waals surface area contributed by atoms with Crippen molar-refractivity contribution in [3.05, 3.63) is 11.3 Å². The molecule has 1 aliphatic carbocycles. The molecule has 41 heavy (non-hydrogen) atoms. The normalized spacial score (nSPS) is 20.3. The van der Waals surface area contributed by atoms with Gasteiger partial charge in [-0.1, -0.05) is 13.8 Å². The fourth-order valence-electron chi connectivity index (χ4n) is 6.27. The van der Waals surface area contributed by atoms with Gasteiger partial charge in [-0.25, -0.2) is 14.6 Å². The predicted octanol–water partition coefficient (Wildman–Crippen LogP) is 3.70. The van der Waals surface area contributed by atoms with Gasteiger partial charge < -0.3 is 29.9 Å². The molecule has 2 N–H and O–H groups in total. The number of aromatic nitrogens is 2. The lowest BCUT2D eigenvalue weighted by molar-refractivity contribution is -0.145. The van der Waals surface area contributed by atoms with E-state index in [1.165, 1.54) is 0 Å². The van der Waals surface area contributed by atoms with Crippen molar-refractivity contribution in [1.29, 1.82) is 0 Å². The lowest BCUT2D eigenvalue weighted by atomic mass is 9.78. The topological polar surface area (TPSA) is 126 Å². The number of anilines is 2. The van der Waals surface area contributed by atoms with Crippen LogP contribution in [0.25, 0.3) is 0 Å². The maximum atomic E-state index is 13.2. The number of carbonyl (C=O) groups excluding carboxylic acids is 3. The fraction of sp³-hybridized carbons (Fsp3) is 0.767. The number of hydrogen-bond donors (Lipinski definition) is 2. The highest BCUT2D eigenvalue weighted by molar-refractivity contribution is 5.81. The Bertz CT molecular complexity index is 1130. The Morgan fingerprint density at radius 3 is 2.44 bits per heavy atom. The summed E-state index contributed by atoms with van der Waals surface area (Å²) in [6.45, 7) is 13.5. The monoisotopic (exact) mass is 572 g/mol. The van der Waals surface area contributed by atoms with E-state index < -0.39 is 11.6 Å². The number of amides is 2. The SMILES string of the molecule is CCOC(=O)C1CC2(CN(C(=O)OC(C)(C)C)C2)CN1c1nc2c(c(N[C@H](CC(=O)NC)CC(C)C)n1)CCCC2. The standard InChI is InChI=1S/C30H48N6O5/c1-8-40-26(38)23-15-30(16-35(17-30)28(39)41-29(4,5)6)18-36(23)27-33-22-12-10-9-11-21(22)25(34-27)32-20(13-19(2)3)14-24(37)31-7/h19-20,23H,8-18H2,1-7H3,(H,31,37)(H,32,33,34)/t20-,23?/m0/s1. The van der Waals surface area contributed by atoms with Gasteiger partial charge in [-0.15, -0.1) is 0 Å². The smallest absolute Gasteiger partial charge is 0.410 e. The number of rotatable bonds is 9. The van der Waals surface area contributed by atoms with Crippen LogP contribution in [0.1, 0.15) is 84.9 Å². The van der Waals surface area contributed by atoms with Crippen molar-refractivity contribution >= 4 is 29.7 Å². The molecule has 11 heteroatoms. The molecule has 3 aliphatic rings. The van der Waals surface area contributed by atoms with Gasteiger partial charge in [0.25, 0.3) is 0 Å². The molecule has 0 radical (unpaired) electrons. The first-order valence-corrected chi connectivity index (χ1v) is 15.1. The molecule has 0 aromatic carbocycles. The van der Waals surface area contributed by atoms with Gasteiger partial charge >= 0.3 is 12.1 Å². The third-order valence-corrected chi connectivity index (χ3v) is 8.01. The summed E-state index contributed by atoms with van der Waals surface area (Å²) in [6, 6.07) is -0.619. The van der Waals surface area contributed by atoms with E-state index in [0.29, 0.717) is 44.3 Å². The molecule has 11 nitrogen and oxygen atoms in total. The molecule has 2 aliphatic heterocycles. The van der Waals surface area contributed by atoms with Gasteiger partial charge in [0.1, 0.15) is 17.5 Å². The highest BCUT2D eigenvalue weighted by atomic mass is 16.6. The molecule has 1 unspecified atom stereocenters. The van der Waals surface area contributed by atoms with Crippen LogP contribution in [0.3, 0.4) is 0 Å². The van der Waals surface area contributed by atoms with E-state index in [4.69, 9.17) is 19.4 Å². The van der Waals surface area contributed by atoms with Crippen molar-refractivity contribution in [3.63, 3.8) is 0 Å². The Kier molecular flexibility index (Phi) is 9.33. The van der Waals surface area contributed by atoms with Gasteiger partial charge in [0.15, 0.2) is 0 Å². The number of ether oxygens (including phenoxy) is 2. The lowest BCUT2D eigenvalue weighted by Gasteiger charge is -2.47.